The zero-order valence-electron chi connectivity index (χ0n) is 11.0. The summed E-state index contributed by atoms with van der Waals surface area (Å²) in [6.07, 6.45) is -0.671. The SMILES string of the molecule is CC(O)C(C)(C)NC(=O)COc1ccc(Cl)cc1Cl. The standard InChI is InChI=1S/C13H17Cl2NO3/c1-8(17)13(2,3)16-12(18)7-19-11-5-4-9(14)6-10(11)15/h4-6,8,17H,7H2,1-3H3,(H,16,18). The zero-order valence-corrected chi connectivity index (χ0v) is 12.5. The summed E-state index contributed by atoms with van der Waals surface area (Å²) in [5.74, 6) is 0.0491. The van der Waals surface area contributed by atoms with Crippen LogP contribution in [0, 0.1) is 0 Å². The first-order chi connectivity index (χ1) is 8.72. The Balaban J connectivity index is 2.55. The molecule has 6 heteroatoms. The quantitative estimate of drug-likeness (QED) is 0.879. The van der Waals surface area contributed by atoms with Gasteiger partial charge in [-0.2, -0.15) is 0 Å². The molecular weight excluding hydrogens is 289 g/mol. The van der Waals surface area contributed by atoms with Crippen LogP contribution in [0.4, 0.5) is 0 Å². The number of halogens is 2. The summed E-state index contributed by atoms with van der Waals surface area (Å²) in [5, 5.41) is 13.0. The molecule has 1 rings (SSSR count). The minimum absolute atomic E-state index is 0.183. The maximum Gasteiger partial charge on any atom is 0.258 e. The fourth-order valence-electron chi connectivity index (χ4n) is 1.24. The van der Waals surface area contributed by atoms with Crippen LogP contribution in [0.25, 0.3) is 0 Å². The number of ether oxygens (including phenoxy) is 1. The van der Waals surface area contributed by atoms with Crippen molar-refractivity contribution in [2.24, 2.45) is 0 Å². The van der Waals surface area contributed by atoms with Crippen molar-refractivity contribution in [2.75, 3.05) is 6.61 Å². The van der Waals surface area contributed by atoms with Crippen LogP contribution < -0.4 is 10.1 Å². The van der Waals surface area contributed by atoms with Crippen LogP contribution in [0.5, 0.6) is 5.75 Å². The minimum atomic E-state index is -0.718. The van der Waals surface area contributed by atoms with Crippen LogP contribution in [0.2, 0.25) is 10.0 Å². The van der Waals surface area contributed by atoms with E-state index >= 15 is 0 Å². The van der Waals surface area contributed by atoms with Crippen LogP contribution in [0.15, 0.2) is 18.2 Å². The number of aliphatic hydroxyl groups excluding tert-OH is 1. The van der Waals surface area contributed by atoms with Crippen molar-refractivity contribution in [3.8, 4) is 5.75 Å². The molecule has 1 amide bonds. The number of carbonyl (C=O) groups is 1. The molecule has 0 aliphatic rings. The van der Waals surface area contributed by atoms with Gasteiger partial charge in [0, 0.05) is 5.02 Å². The summed E-state index contributed by atoms with van der Waals surface area (Å²) in [4.78, 5) is 11.7. The van der Waals surface area contributed by atoms with Gasteiger partial charge in [-0.3, -0.25) is 4.79 Å². The Bertz CT molecular complexity index is 461. The Morgan fingerprint density at radius 1 is 1.47 bits per heavy atom. The van der Waals surface area contributed by atoms with Crippen LogP contribution in [-0.2, 0) is 4.79 Å². The molecule has 0 bridgehead atoms. The molecule has 0 heterocycles. The third-order valence-corrected chi connectivity index (χ3v) is 3.29. The van der Waals surface area contributed by atoms with Crippen LogP contribution in [0.3, 0.4) is 0 Å². The Kier molecular flexibility index (Phi) is 5.47. The maximum atomic E-state index is 11.7. The van der Waals surface area contributed by atoms with Gasteiger partial charge < -0.3 is 15.2 Å². The third kappa shape index (κ3) is 4.90. The fourth-order valence-corrected chi connectivity index (χ4v) is 1.70. The predicted molar refractivity (Wildman–Crippen MR) is 75.9 cm³/mol. The van der Waals surface area contributed by atoms with Gasteiger partial charge in [0.1, 0.15) is 5.75 Å². The van der Waals surface area contributed by atoms with Gasteiger partial charge in [-0.15, -0.1) is 0 Å². The molecule has 0 radical (unpaired) electrons. The molecule has 19 heavy (non-hydrogen) atoms. The van der Waals surface area contributed by atoms with Crippen molar-refractivity contribution >= 4 is 29.1 Å². The first-order valence-electron chi connectivity index (χ1n) is 5.79. The highest BCUT2D eigenvalue weighted by molar-refractivity contribution is 6.35. The van der Waals surface area contributed by atoms with E-state index in [1.807, 2.05) is 0 Å². The van der Waals surface area contributed by atoms with Crippen LogP contribution in [-0.4, -0.2) is 29.3 Å². The number of hydrogen-bond donors (Lipinski definition) is 2. The van der Waals surface area contributed by atoms with Crippen molar-refractivity contribution in [3.63, 3.8) is 0 Å². The van der Waals surface area contributed by atoms with Crippen molar-refractivity contribution in [1.82, 2.24) is 5.32 Å². The molecule has 0 saturated heterocycles. The second-order valence-corrected chi connectivity index (χ2v) is 5.65. The molecular formula is C13H17Cl2NO3. The van der Waals surface area contributed by atoms with Gasteiger partial charge in [-0.25, -0.2) is 0 Å². The second kappa shape index (κ2) is 6.46. The second-order valence-electron chi connectivity index (χ2n) is 4.81. The van der Waals surface area contributed by atoms with E-state index in [-0.39, 0.29) is 12.5 Å². The first kappa shape index (κ1) is 16.1. The van der Waals surface area contributed by atoms with Gasteiger partial charge in [-0.1, -0.05) is 23.2 Å². The third-order valence-electron chi connectivity index (χ3n) is 2.76. The lowest BCUT2D eigenvalue weighted by Crippen LogP contribution is -2.52. The van der Waals surface area contributed by atoms with Gasteiger partial charge in [0.15, 0.2) is 6.61 Å². The summed E-state index contributed by atoms with van der Waals surface area (Å²) in [6.45, 7) is 4.88. The summed E-state index contributed by atoms with van der Waals surface area (Å²) in [6, 6.07) is 4.76. The molecule has 0 saturated carbocycles. The highest BCUT2D eigenvalue weighted by Crippen LogP contribution is 2.27. The molecule has 0 spiro atoms. The molecule has 0 aromatic heterocycles. The average Bonchev–Trinajstić information content (AvgIpc) is 2.27. The number of carbonyl (C=O) groups excluding carboxylic acids is 1. The van der Waals surface area contributed by atoms with Gasteiger partial charge in [0.05, 0.1) is 16.7 Å². The number of hydrogen-bond acceptors (Lipinski definition) is 3. The molecule has 0 aliphatic carbocycles. The molecule has 1 aromatic rings. The number of aliphatic hydroxyl groups is 1. The molecule has 0 fully saturated rings. The van der Waals surface area contributed by atoms with Crippen molar-refractivity contribution in [1.29, 1.82) is 0 Å². The van der Waals surface area contributed by atoms with E-state index in [2.05, 4.69) is 5.32 Å². The fraction of sp³-hybridized carbons (Fsp3) is 0.462. The Morgan fingerprint density at radius 3 is 2.63 bits per heavy atom. The molecule has 1 aromatic carbocycles. The summed E-state index contributed by atoms with van der Waals surface area (Å²) < 4.78 is 5.29. The van der Waals surface area contributed by atoms with Gasteiger partial charge in [0.2, 0.25) is 0 Å². The molecule has 4 nitrogen and oxygen atoms in total. The van der Waals surface area contributed by atoms with Gasteiger partial charge in [-0.05, 0) is 39.0 Å². The highest BCUT2D eigenvalue weighted by Gasteiger charge is 2.26. The van der Waals surface area contributed by atoms with E-state index in [1.165, 1.54) is 6.07 Å². The summed E-state index contributed by atoms with van der Waals surface area (Å²) >= 11 is 11.7. The smallest absolute Gasteiger partial charge is 0.258 e. The van der Waals surface area contributed by atoms with E-state index in [0.29, 0.717) is 15.8 Å². The highest BCUT2D eigenvalue weighted by atomic mass is 35.5. The lowest BCUT2D eigenvalue weighted by atomic mass is 9.99. The maximum absolute atomic E-state index is 11.7. The van der Waals surface area contributed by atoms with E-state index in [9.17, 15) is 9.90 Å². The Morgan fingerprint density at radius 2 is 2.11 bits per heavy atom. The number of nitrogens with one attached hydrogen (secondary N) is 1. The number of benzene rings is 1. The lowest BCUT2D eigenvalue weighted by molar-refractivity contribution is -0.126. The monoisotopic (exact) mass is 305 g/mol. The molecule has 106 valence electrons. The van der Waals surface area contributed by atoms with E-state index < -0.39 is 11.6 Å². The molecule has 0 aliphatic heterocycles. The number of rotatable bonds is 5. The summed E-state index contributed by atoms with van der Waals surface area (Å²) in [5.41, 5.74) is -0.718. The Hall–Kier alpha value is -0.970. The molecule has 1 atom stereocenters. The van der Waals surface area contributed by atoms with Crippen LogP contribution >= 0.6 is 23.2 Å². The Labute approximate surface area is 122 Å². The topological polar surface area (TPSA) is 58.6 Å². The van der Waals surface area contributed by atoms with Crippen molar-refractivity contribution in [3.05, 3.63) is 28.2 Å². The minimum Gasteiger partial charge on any atom is -0.482 e. The van der Waals surface area contributed by atoms with E-state index in [1.54, 1.807) is 32.9 Å². The van der Waals surface area contributed by atoms with Gasteiger partial charge >= 0.3 is 0 Å². The van der Waals surface area contributed by atoms with E-state index in [0.717, 1.165) is 0 Å². The normalized spacial score (nSPS) is 12.9. The zero-order chi connectivity index (χ0) is 14.6. The van der Waals surface area contributed by atoms with E-state index in [4.69, 9.17) is 27.9 Å². The average molecular weight is 306 g/mol. The summed E-state index contributed by atoms with van der Waals surface area (Å²) in [7, 11) is 0. The molecule has 2 N–H and O–H groups in total. The molecule has 1 unspecified atom stereocenters. The van der Waals surface area contributed by atoms with Crippen molar-refractivity contribution < 1.29 is 14.6 Å². The number of amides is 1. The lowest BCUT2D eigenvalue weighted by Gasteiger charge is -2.29. The first-order valence-corrected chi connectivity index (χ1v) is 6.55. The van der Waals surface area contributed by atoms with Crippen molar-refractivity contribution in [2.45, 2.75) is 32.4 Å². The predicted octanol–water partition coefficient (Wildman–Crippen LogP) is 2.65. The largest absolute Gasteiger partial charge is 0.482 e. The van der Waals surface area contributed by atoms with Gasteiger partial charge in [0.25, 0.3) is 5.91 Å². The van der Waals surface area contributed by atoms with Crippen LogP contribution in [0.1, 0.15) is 20.8 Å².